The van der Waals surface area contributed by atoms with E-state index >= 15 is 0 Å². The lowest BCUT2D eigenvalue weighted by molar-refractivity contribution is 0.181. The van der Waals surface area contributed by atoms with Crippen LogP contribution in [-0.2, 0) is 6.42 Å². The first-order chi connectivity index (χ1) is 8.08. The van der Waals surface area contributed by atoms with Gasteiger partial charge in [0.15, 0.2) is 0 Å². The van der Waals surface area contributed by atoms with Crippen LogP contribution in [0.2, 0.25) is 5.02 Å². The number of halogens is 1. The van der Waals surface area contributed by atoms with Crippen molar-refractivity contribution >= 4 is 22.9 Å². The smallest absolute Gasteiger partial charge is 0.0941 e. The number of nitrogens with zero attached hydrogens (tertiary/aromatic N) is 1. The molecule has 0 radical (unpaired) electrons. The molecule has 0 spiro atoms. The van der Waals surface area contributed by atoms with Gasteiger partial charge in [0.1, 0.15) is 0 Å². The Kier molecular flexibility index (Phi) is 3.82. The topological polar surface area (TPSA) is 33.1 Å². The molecule has 0 saturated carbocycles. The van der Waals surface area contributed by atoms with Crippen molar-refractivity contribution in [1.82, 2.24) is 4.98 Å². The summed E-state index contributed by atoms with van der Waals surface area (Å²) in [5, 5.41) is 11.9. The first-order valence-electron chi connectivity index (χ1n) is 5.43. The Bertz CT molecular complexity index is 524. The minimum absolute atomic E-state index is 0.527. The molecule has 1 heterocycles. The summed E-state index contributed by atoms with van der Waals surface area (Å²) in [7, 11) is 0. The van der Waals surface area contributed by atoms with Crippen LogP contribution in [0, 0.1) is 13.8 Å². The fourth-order valence-corrected chi connectivity index (χ4v) is 2.95. The van der Waals surface area contributed by atoms with Crippen molar-refractivity contribution in [2.24, 2.45) is 0 Å². The summed E-state index contributed by atoms with van der Waals surface area (Å²) in [6.45, 7) is 3.87. The molecule has 0 fully saturated rings. The minimum Gasteiger partial charge on any atom is -0.387 e. The van der Waals surface area contributed by atoms with Crippen molar-refractivity contribution in [3.05, 3.63) is 50.4 Å². The van der Waals surface area contributed by atoms with E-state index < -0.39 is 6.10 Å². The van der Waals surface area contributed by atoms with Gasteiger partial charge in [-0.1, -0.05) is 29.8 Å². The Hall–Kier alpha value is -0.900. The second kappa shape index (κ2) is 5.17. The van der Waals surface area contributed by atoms with E-state index in [1.54, 1.807) is 11.3 Å². The Morgan fingerprint density at radius 2 is 2.06 bits per heavy atom. The zero-order chi connectivity index (χ0) is 12.4. The van der Waals surface area contributed by atoms with E-state index in [9.17, 15) is 5.11 Å². The quantitative estimate of drug-likeness (QED) is 0.920. The fourth-order valence-electron chi connectivity index (χ4n) is 1.82. The van der Waals surface area contributed by atoms with Crippen LogP contribution in [0.25, 0.3) is 0 Å². The lowest BCUT2D eigenvalue weighted by atomic mass is 10.1. The van der Waals surface area contributed by atoms with Gasteiger partial charge in [0.2, 0.25) is 0 Å². The number of rotatable bonds is 3. The van der Waals surface area contributed by atoms with Crippen LogP contribution < -0.4 is 0 Å². The molecule has 2 rings (SSSR count). The maximum Gasteiger partial charge on any atom is 0.0941 e. The third kappa shape index (κ3) is 2.86. The van der Waals surface area contributed by atoms with Crippen LogP contribution in [-0.4, -0.2) is 10.1 Å². The predicted octanol–water partition coefficient (Wildman–Crippen LogP) is 3.69. The Morgan fingerprint density at radius 3 is 2.65 bits per heavy atom. The maximum absolute atomic E-state index is 10.2. The van der Waals surface area contributed by atoms with E-state index in [0.717, 1.165) is 21.1 Å². The molecule has 1 atom stereocenters. The largest absolute Gasteiger partial charge is 0.387 e. The molecule has 0 bridgehead atoms. The molecule has 4 heteroatoms. The van der Waals surface area contributed by atoms with E-state index in [4.69, 9.17) is 11.6 Å². The number of hydrogen-bond acceptors (Lipinski definition) is 3. The summed E-state index contributed by atoms with van der Waals surface area (Å²) in [6.07, 6.45) is 0.00315. The van der Waals surface area contributed by atoms with Crippen molar-refractivity contribution in [2.45, 2.75) is 26.4 Å². The van der Waals surface area contributed by atoms with Crippen molar-refractivity contribution in [3.8, 4) is 0 Å². The van der Waals surface area contributed by atoms with Gasteiger partial charge in [0.05, 0.1) is 21.7 Å². The highest BCUT2D eigenvalue weighted by atomic mass is 35.5. The SMILES string of the molecule is Cc1nc(C)c(C(O)Cc2ccccc2Cl)s1. The van der Waals surface area contributed by atoms with Crippen LogP contribution in [0.1, 0.15) is 27.2 Å². The van der Waals surface area contributed by atoms with E-state index in [1.165, 1.54) is 0 Å². The Labute approximate surface area is 110 Å². The molecule has 90 valence electrons. The van der Waals surface area contributed by atoms with E-state index in [1.807, 2.05) is 38.1 Å². The number of hydrogen-bond donors (Lipinski definition) is 1. The number of aliphatic hydroxyl groups excluding tert-OH is 1. The standard InChI is InChI=1S/C13H14ClNOS/c1-8-13(17-9(2)15-8)12(16)7-10-5-3-4-6-11(10)14/h3-6,12,16H,7H2,1-2H3. The predicted molar refractivity (Wildman–Crippen MR) is 71.7 cm³/mol. The van der Waals surface area contributed by atoms with Crippen LogP contribution in [0.4, 0.5) is 0 Å². The average molecular weight is 268 g/mol. The van der Waals surface area contributed by atoms with Crippen LogP contribution in [0.3, 0.4) is 0 Å². The van der Waals surface area contributed by atoms with Crippen molar-refractivity contribution in [1.29, 1.82) is 0 Å². The average Bonchev–Trinajstić information content (AvgIpc) is 2.61. The lowest BCUT2D eigenvalue weighted by Crippen LogP contribution is -2.01. The van der Waals surface area contributed by atoms with Crippen LogP contribution >= 0.6 is 22.9 Å². The first kappa shape index (κ1) is 12.6. The van der Waals surface area contributed by atoms with Gasteiger partial charge >= 0.3 is 0 Å². The monoisotopic (exact) mass is 267 g/mol. The molecule has 0 saturated heterocycles. The third-order valence-corrected chi connectivity index (χ3v) is 4.16. The Balaban J connectivity index is 2.20. The van der Waals surface area contributed by atoms with Gasteiger partial charge in [-0.05, 0) is 25.5 Å². The third-order valence-electron chi connectivity index (χ3n) is 2.61. The molecule has 1 aromatic heterocycles. The zero-order valence-electron chi connectivity index (χ0n) is 9.77. The van der Waals surface area contributed by atoms with Crippen LogP contribution in [0.5, 0.6) is 0 Å². The summed E-state index contributed by atoms with van der Waals surface area (Å²) in [4.78, 5) is 5.25. The van der Waals surface area contributed by atoms with Crippen LogP contribution in [0.15, 0.2) is 24.3 Å². The minimum atomic E-state index is -0.527. The van der Waals surface area contributed by atoms with Gasteiger partial charge in [-0.25, -0.2) is 4.98 Å². The molecule has 2 aromatic rings. The van der Waals surface area contributed by atoms with Crippen molar-refractivity contribution in [3.63, 3.8) is 0 Å². The molecule has 17 heavy (non-hydrogen) atoms. The summed E-state index contributed by atoms with van der Waals surface area (Å²) in [6, 6.07) is 7.60. The van der Waals surface area contributed by atoms with Gasteiger partial charge < -0.3 is 5.11 Å². The molecule has 1 aromatic carbocycles. The summed E-state index contributed by atoms with van der Waals surface area (Å²) < 4.78 is 0. The molecular formula is C13H14ClNOS. The van der Waals surface area contributed by atoms with Gasteiger partial charge in [0, 0.05) is 11.4 Å². The summed E-state index contributed by atoms with van der Waals surface area (Å²) >= 11 is 7.62. The maximum atomic E-state index is 10.2. The van der Waals surface area contributed by atoms with Gasteiger partial charge in [0.25, 0.3) is 0 Å². The van der Waals surface area contributed by atoms with E-state index in [-0.39, 0.29) is 0 Å². The van der Waals surface area contributed by atoms with E-state index in [2.05, 4.69) is 4.98 Å². The Morgan fingerprint density at radius 1 is 1.35 bits per heavy atom. The summed E-state index contributed by atoms with van der Waals surface area (Å²) in [5.74, 6) is 0. The van der Waals surface area contributed by atoms with Gasteiger partial charge in [-0.2, -0.15) is 0 Å². The molecule has 0 amide bonds. The normalized spacial score (nSPS) is 12.7. The second-order valence-electron chi connectivity index (χ2n) is 3.99. The number of thiazole rings is 1. The molecule has 0 aliphatic carbocycles. The van der Waals surface area contributed by atoms with E-state index in [0.29, 0.717) is 11.4 Å². The molecule has 1 N–H and O–H groups in total. The van der Waals surface area contributed by atoms with Gasteiger partial charge in [-0.3, -0.25) is 0 Å². The first-order valence-corrected chi connectivity index (χ1v) is 6.62. The molecule has 1 unspecified atom stereocenters. The highest BCUT2D eigenvalue weighted by Crippen LogP contribution is 2.29. The highest BCUT2D eigenvalue weighted by Gasteiger charge is 2.16. The molecule has 0 aliphatic heterocycles. The van der Waals surface area contributed by atoms with Crippen molar-refractivity contribution < 1.29 is 5.11 Å². The lowest BCUT2D eigenvalue weighted by Gasteiger charge is -2.10. The zero-order valence-corrected chi connectivity index (χ0v) is 11.3. The highest BCUT2D eigenvalue weighted by molar-refractivity contribution is 7.11. The number of benzene rings is 1. The number of aryl methyl sites for hydroxylation is 2. The van der Waals surface area contributed by atoms with Crippen molar-refractivity contribution in [2.75, 3.05) is 0 Å². The molecule has 0 aliphatic rings. The fraction of sp³-hybridized carbons (Fsp3) is 0.308. The molecule has 2 nitrogen and oxygen atoms in total. The number of aliphatic hydroxyl groups is 1. The van der Waals surface area contributed by atoms with Gasteiger partial charge in [-0.15, -0.1) is 11.3 Å². The molecular weight excluding hydrogens is 254 g/mol. The number of aromatic nitrogens is 1. The second-order valence-corrected chi connectivity index (χ2v) is 5.64. The summed E-state index contributed by atoms with van der Waals surface area (Å²) in [5.41, 5.74) is 1.87.